The number of hydrogen-bond acceptors (Lipinski definition) is 5. The average Bonchev–Trinajstić information content (AvgIpc) is 2.34. The minimum Gasteiger partial charge on any atom is -0.323 e. The molecule has 1 rings (SSSR count). The quantitative estimate of drug-likeness (QED) is 0.352. The Morgan fingerprint density at radius 2 is 2.05 bits per heavy atom. The number of aromatic nitrogens is 1. The number of nitrogens with zero attached hydrogens (tertiary/aromatic N) is 1. The van der Waals surface area contributed by atoms with Crippen LogP contribution in [0.5, 0.6) is 0 Å². The van der Waals surface area contributed by atoms with E-state index >= 15 is 0 Å². The zero-order valence-corrected chi connectivity index (χ0v) is 14.2. The molecule has 0 fully saturated rings. The summed E-state index contributed by atoms with van der Waals surface area (Å²) in [4.78, 5) is 26.9. The van der Waals surface area contributed by atoms with Crippen molar-refractivity contribution < 1.29 is 36.7 Å². The second-order valence-corrected chi connectivity index (χ2v) is 9.51. The zero-order chi connectivity index (χ0) is 17.0. The van der Waals surface area contributed by atoms with Crippen molar-refractivity contribution in [1.29, 1.82) is 0 Å². The van der Waals surface area contributed by atoms with E-state index in [-0.39, 0.29) is 5.12 Å². The van der Waals surface area contributed by atoms with Crippen LogP contribution in [0.25, 0.3) is 0 Å². The van der Waals surface area contributed by atoms with Crippen LogP contribution in [0.15, 0.2) is 24.4 Å². The lowest BCUT2D eigenvalue weighted by Crippen LogP contribution is -2.41. The molecule has 0 spiro atoms. The standard InChI is InChI=1S/C11H16NO7PS2/c1-9(13)21-7-6-12-5-3-2-4-10(12)8-11(20(14,15)16)22(17,18)19/h2-5,11H,6-8H2,1H3,(H2-,14,15,16,17,18,19)/p+1. The summed E-state index contributed by atoms with van der Waals surface area (Å²) >= 11 is 1.08. The van der Waals surface area contributed by atoms with Crippen molar-refractivity contribution in [2.45, 2.75) is 24.9 Å². The molecule has 0 aliphatic heterocycles. The maximum atomic E-state index is 11.3. The summed E-state index contributed by atoms with van der Waals surface area (Å²) in [7, 11) is -9.94. The van der Waals surface area contributed by atoms with Gasteiger partial charge in [-0.05, 0) is 0 Å². The predicted molar refractivity (Wildman–Crippen MR) is 80.9 cm³/mol. The van der Waals surface area contributed by atoms with Gasteiger partial charge in [-0.3, -0.25) is 13.9 Å². The highest BCUT2D eigenvalue weighted by atomic mass is 32.2. The first kappa shape index (κ1) is 19.3. The molecule has 1 unspecified atom stereocenters. The van der Waals surface area contributed by atoms with Crippen LogP contribution in [-0.2, 0) is 32.4 Å². The maximum Gasteiger partial charge on any atom is 0.346 e. The molecule has 0 saturated heterocycles. The molecule has 0 aliphatic rings. The Morgan fingerprint density at radius 3 is 2.55 bits per heavy atom. The summed E-state index contributed by atoms with van der Waals surface area (Å²) < 4.78 is 44.3. The van der Waals surface area contributed by atoms with Gasteiger partial charge in [-0.1, -0.05) is 17.8 Å². The van der Waals surface area contributed by atoms with Gasteiger partial charge in [-0.25, -0.2) is 4.57 Å². The van der Waals surface area contributed by atoms with E-state index in [1.807, 2.05) is 0 Å². The van der Waals surface area contributed by atoms with Crippen molar-refractivity contribution >= 4 is 34.6 Å². The third-order valence-electron chi connectivity index (χ3n) is 2.77. The molecule has 1 heterocycles. The second kappa shape index (κ2) is 7.67. The summed E-state index contributed by atoms with van der Waals surface area (Å²) in [5, 5.41) is -0.0656. The molecular weight excluding hydrogens is 353 g/mol. The normalized spacial score (nSPS) is 13.8. The zero-order valence-electron chi connectivity index (χ0n) is 11.7. The minimum atomic E-state index is -5.03. The van der Waals surface area contributed by atoms with Gasteiger partial charge in [0.05, 0.1) is 12.2 Å². The van der Waals surface area contributed by atoms with Gasteiger partial charge < -0.3 is 9.79 Å². The molecule has 0 bridgehead atoms. The van der Waals surface area contributed by atoms with Crippen LogP contribution in [0, 0.1) is 0 Å². The predicted octanol–water partition coefficient (Wildman–Crippen LogP) is 0.188. The van der Waals surface area contributed by atoms with Crippen molar-refractivity contribution in [3.05, 3.63) is 30.1 Å². The largest absolute Gasteiger partial charge is 0.346 e. The fourth-order valence-corrected chi connectivity index (χ4v) is 4.55. The fourth-order valence-electron chi connectivity index (χ4n) is 1.78. The lowest BCUT2D eigenvalue weighted by molar-refractivity contribution is -0.699. The summed E-state index contributed by atoms with van der Waals surface area (Å²) in [5.74, 6) is 0.434. The van der Waals surface area contributed by atoms with Gasteiger partial charge in [0.25, 0.3) is 10.1 Å². The van der Waals surface area contributed by atoms with Crippen LogP contribution < -0.4 is 4.57 Å². The summed E-state index contributed by atoms with van der Waals surface area (Å²) in [5.41, 5.74) is 0.331. The Balaban J connectivity index is 3.01. The number of hydrogen-bond donors (Lipinski definition) is 3. The molecular formula is C11H17NO7PS2+. The van der Waals surface area contributed by atoms with Crippen LogP contribution >= 0.6 is 19.4 Å². The molecule has 8 nitrogen and oxygen atoms in total. The monoisotopic (exact) mass is 370 g/mol. The van der Waals surface area contributed by atoms with Crippen molar-refractivity contribution in [3.63, 3.8) is 0 Å². The Bertz CT molecular complexity index is 685. The Kier molecular flexibility index (Phi) is 6.72. The molecule has 0 saturated carbocycles. The first-order valence-electron chi connectivity index (χ1n) is 6.14. The van der Waals surface area contributed by atoms with Gasteiger partial charge in [0.2, 0.25) is 0 Å². The van der Waals surface area contributed by atoms with Gasteiger partial charge in [-0.15, -0.1) is 0 Å². The number of aryl methyl sites for hydroxylation is 1. The molecule has 1 aromatic heterocycles. The molecule has 11 heteroatoms. The number of pyridine rings is 1. The van der Waals surface area contributed by atoms with Crippen molar-refractivity contribution in [2.75, 3.05) is 5.75 Å². The van der Waals surface area contributed by atoms with Crippen LogP contribution in [-0.4, -0.2) is 38.6 Å². The van der Waals surface area contributed by atoms with Gasteiger partial charge in [-0.2, -0.15) is 8.42 Å². The van der Waals surface area contributed by atoms with Crippen LogP contribution in [0.3, 0.4) is 0 Å². The van der Waals surface area contributed by atoms with Crippen LogP contribution in [0.2, 0.25) is 0 Å². The summed E-state index contributed by atoms with van der Waals surface area (Å²) in [6.07, 6.45) is 1.07. The Hall–Kier alpha value is -0.770. The van der Waals surface area contributed by atoms with E-state index in [2.05, 4.69) is 0 Å². The fraction of sp³-hybridized carbons (Fsp3) is 0.455. The van der Waals surface area contributed by atoms with E-state index in [0.29, 0.717) is 18.0 Å². The summed E-state index contributed by atoms with van der Waals surface area (Å²) in [6.45, 7) is 1.78. The average molecular weight is 370 g/mol. The van der Waals surface area contributed by atoms with Crippen molar-refractivity contribution in [1.82, 2.24) is 0 Å². The van der Waals surface area contributed by atoms with Crippen molar-refractivity contribution in [2.24, 2.45) is 0 Å². The Labute approximate surface area is 132 Å². The SMILES string of the molecule is CC(=O)SCC[n+]1ccccc1CC(P(=O)(O)O)S(=O)(=O)O. The first-order valence-corrected chi connectivity index (χ1v) is 10.3. The number of carbonyl (C=O) groups excluding carboxylic acids is 1. The molecule has 0 aromatic carbocycles. The van der Waals surface area contributed by atoms with E-state index < -0.39 is 29.1 Å². The third kappa shape index (κ3) is 6.15. The van der Waals surface area contributed by atoms with E-state index in [9.17, 15) is 17.8 Å². The highest BCUT2D eigenvalue weighted by Gasteiger charge is 2.41. The van der Waals surface area contributed by atoms with Crippen molar-refractivity contribution in [3.8, 4) is 0 Å². The molecule has 0 amide bonds. The van der Waals surface area contributed by atoms with Gasteiger partial charge in [0.1, 0.15) is 0 Å². The molecule has 1 atom stereocenters. The lowest BCUT2D eigenvalue weighted by Gasteiger charge is -2.14. The topological polar surface area (TPSA) is 133 Å². The molecule has 124 valence electrons. The third-order valence-corrected chi connectivity index (χ3v) is 6.98. The summed E-state index contributed by atoms with van der Waals surface area (Å²) in [6, 6.07) is 4.76. The lowest BCUT2D eigenvalue weighted by atomic mass is 10.3. The number of carbonyl (C=O) groups is 1. The molecule has 1 aromatic rings. The maximum absolute atomic E-state index is 11.3. The first-order chi connectivity index (χ1) is 10.0. The van der Waals surface area contributed by atoms with Gasteiger partial charge in [0.15, 0.2) is 28.5 Å². The molecule has 0 radical (unpaired) electrons. The highest BCUT2D eigenvalue weighted by molar-refractivity contribution is 8.13. The van der Waals surface area contributed by atoms with Crippen LogP contribution in [0.1, 0.15) is 12.6 Å². The highest BCUT2D eigenvalue weighted by Crippen LogP contribution is 2.45. The van der Waals surface area contributed by atoms with E-state index in [0.717, 1.165) is 11.8 Å². The molecule has 22 heavy (non-hydrogen) atoms. The van der Waals surface area contributed by atoms with E-state index in [1.165, 1.54) is 13.0 Å². The van der Waals surface area contributed by atoms with Gasteiger partial charge >= 0.3 is 7.60 Å². The van der Waals surface area contributed by atoms with Gasteiger partial charge in [0, 0.05) is 19.1 Å². The van der Waals surface area contributed by atoms with Crippen LogP contribution in [0.4, 0.5) is 0 Å². The number of rotatable bonds is 7. The second-order valence-electron chi connectivity index (χ2n) is 4.49. The molecule has 0 aliphatic carbocycles. The minimum absolute atomic E-state index is 0.0656. The van der Waals surface area contributed by atoms with E-state index in [4.69, 9.17) is 14.3 Å². The van der Waals surface area contributed by atoms with E-state index in [1.54, 1.807) is 22.9 Å². The molecule has 3 N–H and O–H groups in total. The Morgan fingerprint density at radius 1 is 1.41 bits per heavy atom. The number of thioether (sulfide) groups is 1. The smallest absolute Gasteiger partial charge is 0.323 e.